The molecule has 1 aromatic rings. The van der Waals surface area contributed by atoms with E-state index in [1.807, 2.05) is 0 Å². The standard InChI is InChI=1S/C12H17NS/c13-9-10-4-3-5-11(8-10)12-6-1-2-7-14-12/h3-5,8,12H,1-2,6-7,9,13H2. The Bertz CT molecular complexity index is 292. The molecule has 0 spiro atoms. The second-order valence-electron chi connectivity index (χ2n) is 3.80. The minimum atomic E-state index is 0.658. The molecule has 1 aromatic carbocycles. The zero-order valence-corrected chi connectivity index (χ0v) is 9.22. The molecule has 2 heteroatoms. The van der Waals surface area contributed by atoms with E-state index in [1.165, 1.54) is 36.1 Å². The highest BCUT2D eigenvalue weighted by molar-refractivity contribution is 7.99. The monoisotopic (exact) mass is 207 g/mol. The molecule has 1 fully saturated rings. The third kappa shape index (κ3) is 2.31. The van der Waals surface area contributed by atoms with Gasteiger partial charge in [0, 0.05) is 11.8 Å². The first kappa shape index (κ1) is 10.1. The normalized spacial score (nSPS) is 22.2. The van der Waals surface area contributed by atoms with Gasteiger partial charge >= 0.3 is 0 Å². The summed E-state index contributed by atoms with van der Waals surface area (Å²) in [6, 6.07) is 8.74. The van der Waals surface area contributed by atoms with Gasteiger partial charge in [0.05, 0.1) is 0 Å². The summed E-state index contributed by atoms with van der Waals surface area (Å²) in [4.78, 5) is 0. The van der Waals surface area contributed by atoms with Crippen LogP contribution in [0, 0.1) is 0 Å². The van der Waals surface area contributed by atoms with E-state index in [-0.39, 0.29) is 0 Å². The number of thioether (sulfide) groups is 1. The van der Waals surface area contributed by atoms with E-state index >= 15 is 0 Å². The Labute approximate surface area is 90.1 Å². The predicted octanol–water partition coefficient (Wildman–Crippen LogP) is 3.10. The minimum absolute atomic E-state index is 0.658. The summed E-state index contributed by atoms with van der Waals surface area (Å²) in [7, 11) is 0. The summed E-state index contributed by atoms with van der Waals surface area (Å²) >= 11 is 2.09. The summed E-state index contributed by atoms with van der Waals surface area (Å²) < 4.78 is 0. The Balaban J connectivity index is 2.13. The average Bonchev–Trinajstić information content (AvgIpc) is 2.30. The van der Waals surface area contributed by atoms with Crippen LogP contribution in [0.3, 0.4) is 0 Å². The molecule has 0 aliphatic carbocycles. The first-order valence-corrected chi connectivity index (χ1v) is 6.35. The quantitative estimate of drug-likeness (QED) is 0.806. The number of hydrogen-bond acceptors (Lipinski definition) is 2. The van der Waals surface area contributed by atoms with Crippen LogP contribution in [0.5, 0.6) is 0 Å². The van der Waals surface area contributed by atoms with Crippen molar-refractivity contribution >= 4 is 11.8 Å². The highest BCUT2D eigenvalue weighted by Crippen LogP contribution is 2.38. The van der Waals surface area contributed by atoms with Gasteiger partial charge in [-0.15, -0.1) is 0 Å². The number of nitrogens with two attached hydrogens (primary N) is 1. The summed E-state index contributed by atoms with van der Waals surface area (Å²) in [5.74, 6) is 1.32. The SMILES string of the molecule is NCc1cccc(C2CCCCS2)c1. The molecular formula is C12H17NS. The molecule has 0 aromatic heterocycles. The van der Waals surface area contributed by atoms with Gasteiger partial charge in [0.2, 0.25) is 0 Å². The molecule has 1 aliphatic rings. The summed E-state index contributed by atoms with van der Waals surface area (Å²) in [5, 5.41) is 0.718. The first-order valence-electron chi connectivity index (χ1n) is 5.30. The second kappa shape index (κ2) is 4.85. The van der Waals surface area contributed by atoms with Gasteiger partial charge in [0.1, 0.15) is 0 Å². The molecule has 1 nitrogen and oxygen atoms in total. The molecule has 1 aliphatic heterocycles. The maximum atomic E-state index is 5.64. The van der Waals surface area contributed by atoms with Gasteiger partial charge in [0.25, 0.3) is 0 Å². The van der Waals surface area contributed by atoms with Crippen molar-refractivity contribution < 1.29 is 0 Å². The fourth-order valence-corrected chi connectivity index (χ4v) is 3.25. The van der Waals surface area contributed by atoms with E-state index in [1.54, 1.807) is 0 Å². The van der Waals surface area contributed by atoms with Crippen molar-refractivity contribution in [1.29, 1.82) is 0 Å². The van der Waals surface area contributed by atoms with E-state index in [9.17, 15) is 0 Å². The molecule has 1 heterocycles. The zero-order chi connectivity index (χ0) is 9.80. The number of rotatable bonds is 2. The van der Waals surface area contributed by atoms with Gasteiger partial charge in [-0.25, -0.2) is 0 Å². The van der Waals surface area contributed by atoms with Gasteiger partial charge in [-0.05, 0) is 29.7 Å². The van der Waals surface area contributed by atoms with Crippen LogP contribution >= 0.6 is 11.8 Å². The van der Waals surface area contributed by atoms with Crippen LogP contribution < -0.4 is 5.73 Å². The zero-order valence-electron chi connectivity index (χ0n) is 8.41. The van der Waals surface area contributed by atoms with Gasteiger partial charge in [0.15, 0.2) is 0 Å². The molecule has 14 heavy (non-hydrogen) atoms. The first-order chi connectivity index (χ1) is 6.90. The Hall–Kier alpha value is -0.470. The van der Waals surface area contributed by atoms with Crippen LogP contribution in [0.25, 0.3) is 0 Å². The van der Waals surface area contributed by atoms with Crippen molar-refractivity contribution in [2.24, 2.45) is 5.73 Å². The molecular weight excluding hydrogens is 190 g/mol. The maximum Gasteiger partial charge on any atom is 0.0297 e. The Kier molecular flexibility index (Phi) is 3.49. The van der Waals surface area contributed by atoms with Crippen molar-refractivity contribution in [3.05, 3.63) is 35.4 Å². The van der Waals surface area contributed by atoms with E-state index in [4.69, 9.17) is 5.73 Å². The molecule has 0 radical (unpaired) electrons. The van der Waals surface area contributed by atoms with E-state index < -0.39 is 0 Å². The molecule has 2 N–H and O–H groups in total. The van der Waals surface area contributed by atoms with Gasteiger partial charge in [-0.3, -0.25) is 0 Å². The van der Waals surface area contributed by atoms with Crippen molar-refractivity contribution in [3.8, 4) is 0 Å². The largest absolute Gasteiger partial charge is 0.326 e. The smallest absolute Gasteiger partial charge is 0.0297 e. The van der Waals surface area contributed by atoms with Crippen LogP contribution in [0.2, 0.25) is 0 Å². The molecule has 1 atom stereocenters. The van der Waals surface area contributed by atoms with Crippen LogP contribution in [0.1, 0.15) is 35.6 Å². The summed E-state index contributed by atoms with van der Waals surface area (Å²) in [5.41, 5.74) is 8.37. The van der Waals surface area contributed by atoms with Crippen LogP contribution in [-0.2, 0) is 6.54 Å². The Morgan fingerprint density at radius 1 is 1.36 bits per heavy atom. The maximum absolute atomic E-state index is 5.64. The van der Waals surface area contributed by atoms with Gasteiger partial charge < -0.3 is 5.73 Å². The van der Waals surface area contributed by atoms with Gasteiger partial charge in [-0.1, -0.05) is 30.7 Å². The minimum Gasteiger partial charge on any atom is -0.326 e. The molecule has 0 bridgehead atoms. The summed E-state index contributed by atoms with van der Waals surface area (Å²) in [6.07, 6.45) is 4.10. The fourth-order valence-electron chi connectivity index (χ4n) is 1.92. The van der Waals surface area contributed by atoms with E-state index in [2.05, 4.69) is 36.0 Å². The molecule has 0 saturated carbocycles. The molecule has 1 unspecified atom stereocenters. The number of benzene rings is 1. The third-order valence-electron chi connectivity index (χ3n) is 2.74. The lowest BCUT2D eigenvalue weighted by molar-refractivity contribution is 0.686. The van der Waals surface area contributed by atoms with Crippen LogP contribution in [-0.4, -0.2) is 5.75 Å². The van der Waals surface area contributed by atoms with E-state index in [0.717, 1.165) is 5.25 Å². The van der Waals surface area contributed by atoms with Crippen LogP contribution in [0.15, 0.2) is 24.3 Å². The second-order valence-corrected chi connectivity index (χ2v) is 5.11. The van der Waals surface area contributed by atoms with Crippen LogP contribution in [0.4, 0.5) is 0 Å². The predicted molar refractivity (Wildman–Crippen MR) is 63.4 cm³/mol. The lowest BCUT2D eigenvalue weighted by atomic mass is 10.0. The van der Waals surface area contributed by atoms with Crippen molar-refractivity contribution in [3.63, 3.8) is 0 Å². The number of hydrogen-bond donors (Lipinski definition) is 1. The van der Waals surface area contributed by atoms with Crippen molar-refractivity contribution in [2.75, 3.05) is 5.75 Å². The fraction of sp³-hybridized carbons (Fsp3) is 0.500. The molecule has 76 valence electrons. The molecule has 0 amide bonds. The average molecular weight is 207 g/mol. The van der Waals surface area contributed by atoms with Crippen molar-refractivity contribution in [1.82, 2.24) is 0 Å². The third-order valence-corrected chi connectivity index (χ3v) is 4.17. The van der Waals surface area contributed by atoms with E-state index in [0.29, 0.717) is 6.54 Å². The highest BCUT2D eigenvalue weighted by atomic mass is 32.2. The lowest BCUT2D eigenvalue weighted by Gasteiger charge is -2.21. The highest BCUT2D eigenvalue weighted by Gasteiger charge is 2.15. The topological polar surface area (TPSA) is 26.0 Å². The summed E-state index contributed by atoms with van der Waals surface area (Å²) in [6.45, 7) is 0.658. The molecule has 1 saturated heterocycles. The molecule has 2 rings (SSSR count). The lowest BCUT2D eigenvalue weighted by Crippen LogP contribution is -2.03. The Morgan fingerprint density at radius 3 is 3.00 bits per heavy atom. The van der Waals surface area contributed by atoms with Crippen molar-refractivity contribution in [2.45, 2.75) is 31.1 Å². The Morgan fingerprint density at radius 2 is 2.29 bits per heavy atom. The van der Waals surface area contributed by atoms with Gasteiger partial charge in [-0.2, -0.15) is 11.8 Å².